The van der Waals surface area contributed by atoms with Gasteiger partial charge in [-0.05, 0) is 48.0 Å². The lowest BCUT2D eigenvalue weighted by molar-refractivity contribution is -0.137. The highest BCUT2D eigenvalue weighted by atomic mass is 32.2. The summed E-state index contributed by atoms with van der Waals surface area (Å²) in [4.78, 5) is 13.6. The predicted molar refractivity (Wildman–Crippen MR) is 117 cm³/mol. The third-order valence-corrected chi connectivity index (χ3v) is 6.10. The van der Waals surface area contributed by atoms with Crippen molar-refractivity contribution < 1.29 is 35.3 Å². The van der Waals surface area contributed by atoms with Gasteiger partial charge < -0.3 is 9.72 Å². The minimum Gasteiger partial charge on any atom is -0.496 e. The molecule has 0 saturated carbocycles. The van der Waals surface area contributed by atoms with Crippen molar-refractivity contribution in [3.05, 3.63) is 82.4 Å². The van der Waals surface area contributed by atoms with Crippen LogP contribution < -0.4 is 10.3 Å². The van der Waals surface area contributed by atoms with Crippen LogP contribution in [-0.4, -0.2) is 25.1 Å². The van der Waals surface area contributed by atoms with Crippen molar-refractivity contribution in [2.75, 3.05) is 7.11 Å². The quantitative estimate of drug-likeness (QED) is 0.298. The number of nitrogens with one attached hydrogen (secondary N) is 1. The fourth-order valence-corrected chi connectivity index (χ4v) is 4.43. The van der Waals surface area contributed by atoms with Crippen LogP contribution in [0.5, 0.6) is 5.75 Å². The molecule has 0 saturated heterocycles. The number of aromatic amines is 1. The monoisotopic (exact) mass is 493 g/mol. The average molecular weight is 493 g/mol. The first kappa shape index (κ1) is 23.5. The molecule has 0 aliphatic heterocycles. The lowest BCUT2D eigenvalue weighted by atomic mass is 9.95. The molecule has 0 aliphatic carbocycles. The SMILES string of the molecule is COc1cc(-c2cccc(C(F)(F)F)c2)c(F)cc1-c1c(S(=O)(=O)O)ccc2[nH]c(=O)ccc12. The van der Waals surface area contributed by atoms with Crippen molar-refractivity contribution in [1.29, 1.82) is 0 Å². The van der Waals surface area contributed by atoms with Crippen molar-refractivity contribution >= 4 is 21.0 Å². The summed E-state index contributed by atoms with van der Waals surface area (Å²) in [6.45, 7) is 0. The number of alkyl halides is 3. The summed E-state index contributed by atoms with van der Waals surface area (Å²) in [5.74, 6) is -1.03. The number of rotatable bonds is 4. The van der Waals surface area contributed by atoms with Gasteiger partial charge in [-0.15, -0.1) is 0 Å². The highest BCUT2D eigenvalue weighted by molar-refractivity contribution is 7.86. The van der Waals surface area contributed by atoms with E-state index < -0.39 is 38.1 Å². The number of hydrogen-bond donors (Lipinski definition) is 2. The van der Waals surface area contributed by atoms with Gasteiger partial charge in [0.25, 0.3) is 10.1 Å². The van der Waals surface area contributed by atoms with Crippen LogP contribution in [0.1, 0.15) is 5.56 Å². The van der Waals surface area contributed by atoms with Gasteiger partial charge in [0.05, 0.1) is 12.7 Å². The molecule has 176 valence electrons. The zero-order valence-electron chi connectivity index (χ0n) is 17.3. The third kappa shape index (κ3) is 4.27. The molecule has 0 radical (unpaired) electrons. The normalized spacial score (nSPS) is 12.2. The fourth-order valence-electron chi connectivity index (χ4n) is 3.71. The van der Waals surface area contributed by atoms with Gasteiger partial charge in [0.15, 0.2) is 0 Å². The maximum Gasteiger partial charge on any atom is 0.416 e. The van der Waals surface area contributed by atoms with Crippen molar-refractivity contribution in [2.45, 2.75) is 11.1 Å². The number of methoxy groups -OCH3 is 1. The van der Waals surface area contributed by atoms with E-state index in [0.717, 1.165) is 42.5 Å². The Morgan fingerprint density at radius 3 is 2.35 bits per heavy atom. The van der Waals surface area contributed by atoms with Crippen LogP contribution in [0.15, 0.2) is 70.4 Å². The molecule has 2 N–H and O–H groups in total. The summed E-state index contributed by atoms with van der Waals surface area (Å²) in [5.41, 5.74) is -1.78. The zero-order valence-corrected chi connectivity index (χ0v) is 18.1. The first-order chi connectivity index (χ1) is 15.9. The Bertz CT molecular complexity index is 1590. The largest absolute Gasteiger partial charge is 0.496 e. The van der Waals surface area contributed by atoms with Gasteiger partial charge >= 0.3 is 6.18 Å². The lowest BCUT2D eigenvalue weighted by Gasteiger charge is -2.17. The van der Waals surface area contributed by atoms with Crippen molar-refractivity contribution in [2.24, 2.45) is 0 Å². The molecule has 11 heteroatoms. The second-order valence-corrected chi connectivity index (χ2v) is 8.70. The van der Waals surface area contributed by atoms with Gasteiger partial charge in [0.2, 0.25) is 5.56 Å². The minimum atomic E-state index is -4.80. The number of ether oxygens (including phenoxy) is 1. The number of fused-ring (bicyclic) bond motifs is 1. The number of pyridine rings is 1. The molecule has 3 aromatic carbocycles. The van der Waals surface area contributed by atoms with Crippen molar-refractivity contribution in [3.63, 3.8) is 0 Å². The molecule has 0 fully saturated rings. The smallest absolute Gasteiger partial charge is 0.416 e. The molecular weight excluding hydrogens is 478 g/mol. The van der Waals surface area contributed by atoms with Crippen LogP contribution in [-0.2, 0) is 16.3 Å². The van der Waals surface area contributed by atoms with Crippen LogP contribution >= 0.6 is 0 Å². The third-order valence-electron chi connectivity index (χ3n) is 5.20. The van der Waals surface area contributed by atoms with Crippen LogP contribution in [0.4, 0.5) is 17.6 Å². The van der Waals surface area contributed by atoms with Crippen molar-refractivity contribution in [1.82, 2.24) is 4.98 Å². The molecule has 0 atom stereocenters. The number of H-pyrrole nitrogens is 1. The average Bonchev–Trinajstić information content (AvgIpc) is 2.76. The van der Waals surface area contributed by atoms with Gasteiger partial charge in [0.1, 0.15) is 16.5 Å². The molecule has 1 aromatic heterocycles. The second-order valence-electron chi connectivity index (χ2n) is 7.31. The lowest BCUT2D eigenvalue weighted by Crippen LogP contribution is -2.07. The van der Waals surface area contributed by atoms with E-state index in [1.54, 1.807) is 0 Å². The second kappa shape index (κ2) is 8.26. The molecule has 6 nitrogen and oxygen atoms in total. The highest BCUT2D eigenvalue weighted by Crippen LogP contribution is 2.42. The Morgan fingerprint density at radius 2 is 1.71 bits per heavy atom. The van der Waals surface area contributed by atoms with E-state index in [1.807, 2.05) is 0 Å². The molecule has 0 spiro atoms. The van der Waals surface area contributed by atoms with Gasteiger partial charge in [0, 0.05) is 33.7 Å². The molecule has 1 heterocycles. The number of hydrogen-bond acceptors (Lipinski definition) is 4. The summed E-state index contributed by atoms with van der Waals surface area (Å²) in [7, 11) is -3.59. The zero-order chi connectivity index (χ0) is 24.8. The van der Waals surface area contributed by atoms with Crippen molar-refractivity contribution in [3.8, 4) is 28.0 Å². The first-order valence-corrected chi connectivity index (χ1v) is 11.0. The highest BCUT2D eigenvalue weighted by Gasteiger charge is 2.31. The van der Waals surface area contributed by atoms with Gasteiger partial charge in [-0.3, -0.25) is 9.35 Å². The summed E-state index contributed by atoms with van der Waals surface area (Å²) in [6, 6.07) is 10.8. The van der Waals surface area contributed by atoms with E-state index in [4.69, 9.17) is 4.74 Å². The molecule has 34 heavy (non-hydrogen) atoms. The Labute approximate surface area is 190 Å². The van der Waals surface area contributed by atoms with Crippen LogP contribution in [0.2, 0.25) is 0 Å². The van der Waals surface area contributed by atoms with E-state index in [2.05, 4.69) is 4.98 Å². The summed E-state index contributed by atoms with van der Waals surface area (Å²) in [6.07, 6.45) is -4.64. The Morgan fingerprint density at radius 1 is 0.971 bits per heavy atom. The molecule has 0 amide bonds. The molecular formula is C23H15F4NO5S. The topological polar surface area (TPSA) is 96.5 Å². The minimum absolute atomic E-state index is 0.0718. The van der Waals surface area contributed by atoms with E-state index in [9.17, 15) is 30.9 Å². The van der Waals surface area contributed by atoms with Crippen LogP contribution in [0.25, 0.3) is 33.2 Å². The van der Waals surface area contributed by atoms with Gasteiger partial charge in [-0.25, -0.2) is 4.39 Å². The van der Waals surface area contributed by atoms with Crippen LogP contribution in [0, 0.1) is 5.82 Å². The summed E-state index contributed by atoms with van der Waals surface area (Å²) >= 11 is 0. The maximum absolute atomic E-state index is 15.3. The fraction of sp³-hybridized carbons (Fsp3) is 0.0870. The van der Waals surface area contributed by atoms with E-state index in [0.29, 0.717) is 0 Å². The summed E-state index contributed by atoms with van der Waals surface area (Å²) < 4.78 is 93.9. The summed E-state index contributed by atoms with van der Waals surface area (Å²) in [5, 5.41) is 0.166. The Balaban J connectivity index is 2.03. The maximum atomic E-state index is 15.3. The number of halogens is 4. The molecule has 0 aliphatic rings. The Kier molecular flexibility index (Phi) is 5.70. The van der Waals surface area contributed by atoms with E-state index >= 15 is 4.39 Å². The van der Waals surface area contributed by atoms with Crippen LogP contribution in [0.3, 0.4) is 0 Å². The standard InChI is InChI=1S/C23H15F4NO5S/c1-33-19-11-15(12-3-2-4-13(9-12)23(25,26)27)17(24)10-16(19)22-14-5-8-21(29)28-18(14)6-7-20(22)34(30,31)32/h2-11H,1H3,(H,28,29)(H,30,31,32). The molecule has 4 rings (SSSR count). The van der Waals surface area contributed by atoms with Gasteiger partial charge in [-0.1, -0.05) is 12.1 Å². The number of benzene rings is 3. The first-order valence-electron chi connectivity index (χ1n) is 9.59. The Hall–Kier alpha value is -3.70. The molecule has 0 unspecified atom stereocenters. The molecule has 0 bridgehead atoms. The predicted octanol–water partition coefficient (Wildman–Crippen LogP) is 5.28. The molecule has 4 aromatic rings. The van der Waals surface area contributed by atoms with E-state index in [-0.39, 0.29) is 38.9 Å². The van der Waals surface area contributed by atoms with E-state index in [1.165, 1.54) is 25.3 Å². The number of aromatic nitrogens is 1. The van der Waals surface area contributed by atoms with Gasteiger partial charge in [-0.2, -0.15) is 21.6 Å².